The average molecular weight is 184 g/mol. The Bertz CT molecular complexity index is 362. The van der Waals surface area contributed by atoms with E-state index in [4.69, 9.17) is 0 Å². The van der Waals surface area contributed by atoms with E-state index in [0.717, 1.165) is 6.42 Å². The molecule has 1 rings (SSSR count). The van der Waals surface area contributed by atoms with E-state index >= 15 is 0 Å². The molecule has 0 radical (unpaired) electrons. The molecule has 0 saturated carbocycles. The van der Waals surface area contributed by atoms with Crippen LogP contribution in [0.2, 0.25) is 0 Å². The van der Waals surface area contributed by atoms with E-state index in [-0.39, 0.29) is 0 Å². The number of hydrogen-bond acceptors (Lipinski definition) is 0. The first-order valence-electron chi connectivity index (χ1n) is 4.81. The van der Waals surface area contributed by atoms with Crippen LogP contribution in [0.1, 0.15) is 25.8 Å². The quantitative estimate of drug-likeness (QED) is 0.487. The van der Waals surface area contributed by atoms with Crippen molar-refractivity contribution in [1.82, 2.24) is 0 Å². The van der Waals surface area contributed by atoms with Crippen molar-refractivity contribution in [2.45, 2.75) is 20.3 Å². The van der Waals surface area contributed by atoms with E-state index < -0.39 is 0 Å². The molecule has 14 heavy (non-hydrogen) atoms. The molecule has 72 valence electrons. The Labute approximate surface area is 86.3 Å². The second-order valence-electron chi connectivity index (χ2n) is 3.50. The first-order chi connectivity index (χ1) is 6.70. The predicted molar refractivity (Wildman–Crippen MR) is 63.0 cm³/mol. The van der Waals surface area contributed by atoms with E-state index in [1.807, 2.05) is 31.2 Å². The third-order valence-corrected chi connectivity index (χ3v) is 1.98. The van der Waals surface area contributed by atoms with E-state index in [0.29, 0.717) is 0 Å². The van der Waals surface area contributed by atoms with Crippen molar-refractivity contribution in [3.05, 3.63) is 59.9 Å². The predicted octanol–water partition coefficient (Wildman–Crippen LogP) is 4.21. The molecule has 1 aromatic rings. The number of benzene rings is 1. The van der Waals surface area contributed by atoms with Crippen molar-refractivity contribution < 1.29 is 0 Å². The second kappa shape index (κ2) is 5.26. The summed E-state index contributed by atoms with van der Waals surface area (Å²) < 4.78 is 0. The highest BCUT2D eigenvalue weighted by Gasteiger charge is 1.90. The Morgan fingerprint density at radius 2 is 1.93 bits per heavy atom. The van der Waals surface area contributed by atoms with Crippen LogP contribution in [0.3, 0.4) is 0 Å². The molecule has 0 heterocycles. The lowest BCUT2D eigenvalue weighted by molar-refractivity contribution is 1.23. The maximum Gasteiger partial charge on any atom is -0.00222 e. The van der Waals surface area contributed by atoms with Gasteiger partial charge in [-0.1, -0.05) is 42.5 Å². The van der Waals surface area contributed by atoms with Crippen molar-refractivity contribution in [1.29, 1.82) is 0 Å². The maximum atomic E-state index is 3.84. The van der Waals surface area contributed by atoms with Crippen LogP contribution in [0.4, 0.5) is 0 Å². The Morgan fingerprint density at radius 1 is 1.29 bits per heavy atom. The van der Waals surface area contributed by atoms with Gasteiger partial charge < -0.3 is 0 Å². The van der Waals surface area contributed by atoms with E-state index in [1.54, 1.807) is 0 Å². The van der Waals surface area contributed by atoms with Gasteiger partial charge in [0.1, 0.15) is 0 Å². The molecule has 0 aliphatic rings. The molecule has 0 bridgehead atoms. The molecule has 0 saturated heterocycles. The summed E-state index contributed by atoms with van der Waals surface area (Å²) in [7, 11) is 0. The zero-order chi connectivity index (χ0) is 10.4. The summed E-state index contributed by atoms with van der Waals surface area (Å²) in [6, 6.07) is 10.3. The highest BCUT2D eigenvalue weighted by Crippen LogP contribution is 2.11. The van der Waals surface area contributed by atoms with Crippen LogP contribution in [0, 0.1) is 0 Å². The van der Waals surface area contributed by atoms with Gasteiger partial charge in [-0.3, -0.25) is 0 Å². The van der Waals surface area contributed by atoms with Gasteiger partial charge >= 0.3 is 0 Å². The summed E-state index contributed by atoms with van der Waals surface area (Å²) in [4.78, 5) is 0. The topological polar surface area (TPSA) is 0 Å². The van der Waals surface area contributed by atoms with Gasteiger partial charge in [-0.25, -0.2) is 0 Å². The van der Waals surface area contributed by atoms with Crippen LogP contribution in [-0.2, 0) is 0 Å². The maximum absolute atomic E-state index is 3.84. The van der Waals surface area contributed by atoms with Crippen LogP contribution in [0.5, 0.6) is 0 Å². The molecule has 0 amide bonds. The average Bonchev–Trinajstić information content (AvgIpc) is 2.18. The molecule has 0 nitrogen and oxygen atoms in total. The van der Waals surface area contributed by atoms with Gasteiger partial charge in [-0.2, -0.15) is 0 Å². The molecule has 0 spiro atoms. The molecule has 0 aromatic heterocycles. The van der Waals surface area contributed by atoms with Gasteiger partial charge in [0.05, 0.1) is 0 Å². The Kier molecular flexibility index (Phi) is 3.97. The summed E-state index contributed by atoms with van der Waals surface area (Å²) >= 11 is 0. The molecule has 0 aliphatic heterocycles. The minimum Gasteiger partial charge on any atom is -0.121 e. The fourth-order valence-corrected chi connectivity index (χ4v) is 1.15. The van der Waals surface area contributed by atoms with Crippen LogP contribution >= 0.6 is 0 Å². The lowest BCUT2D eigenvalue weighted by atomic mass is 10.1. The zero-order valence-electron chi connectivity index (χ0n) is 8.88. The van der Waals surface area contributed by atoms with Crippen LogP contribution in [0.25, 0.3) is 5.57 Å². The highest BCUT2D eigenvalue weighted by atomic mass is 13.9. The summed E-state index contributed by atoms with van der Waals surface area (Å²) in [5.74, 6) is 0. The number of rotatable bonds is 3. The first-order valence-corrected chi connectivity index (χ1v) is 4.81. The van der Waals surface area contributed by atoms with E-state index in [1.165, 1.54) is 16.7 Å². The first kappa shape index (κ1) is 10.6. The highest BCUT2D eigenvalue weighted by molar-refractivity contribution is 5.62. The third-order valence-electron chi connectivity index (χ3n) is 1.98. The van der Waals surface area contributed by atoms with Gasteiger partial charge in [-0.05, 0) is 37.5 Å². The summed E-state index contributed by atoms with van der Waals surface area (Å²) in [6.07, 6.45) is 2.94. The van der Waals surface area contributed by atoms with E-state index in [2.05, 4.69) is 31.4 Å². The second-order valence-corrected chi connectivity index (χ2v) is 3.50. The SMILES string of the molecule is C=C(C)CC=C=C(C)c1ccccc1. The van der Waals surface area contributed by atoms with Crippen LogP contribution in [-0.4, -0.2) is 0 Å². The van der Waals surface area contributed by atoms with E-state index in [9.17, 15) is 0 Å². The van der Waals surface area contributed by atoms with Crippen molar-refractivity contribution in [3.63, 3.8) is 0 Å². The van der Waals surface area contributed by atoms with Crippen LogP contribution in [0.15, 0.2) is 54.3 Å². The largest absolute Gasteiger partial charge is 0.121 e. The molecule has 0 fully saturated rings. The molecule has 0 aliphatic carbocycles. The van der Waals surface area contributed by atoms with Crippen molar-refractivity contribution in [2.24, 2.45) is 0 Å². The Balaban J connectivity index is 2.80. The van der Waals surface area contributed by atoms with Gasteiger partial charge in [0.25, 0.3) is 0 Å². The normalized spacial score (nSPS) is 9.00. The van der Waals surface area contributed by atoms with Crippen molar-refractivity contribution in [3.8, 4) is 0 Å². The molecule has 0 heteroatoms. The lowest BCUT2D eigenvalue weighted by Crippen LogP contribution is -1.75. The zero-order valence-corrected chi connectivity index (χ0v) is 8.88. The fraction of sp³-hybridized carbons (Fsp3) is 0.214. The molecule has 0 atom stereocenters. The van der Waals surface area contributed by atoms with Gasteiger partial charge in [-0.15, -0.1) is 5.73 Å². The summed E-state index contributed by atoms with van der Waals surface area (Å²) in [5.41, 5.74) is 6.83. The molecule has 0 N–H and O–H groups in total. The van der Waals surface area contributed by atoms with Crippen molar-refractivity contribution in [2.75, 3.05) is 0 Å². The molecular formula is C14H16. The molecule has 1 aromatic carbocycles. The minimum atomic E-state index is 0.907. The fourth-order valence-electron chi connectivity index (χ4n) is 1.15. The number of allylic oxidation sites excluding steroid dienone is 2. The Morgan fingerprint density at radius 3 is 2.50 bits per heavy atom. The summed E-state index contributed by atoms with van der Waals surface area (Å²) in [6.45, 7) is 7.94. The van der Waals surface area contributed by atoms with Gasteiger partial charge in [0.15, 0.2) is 0 Å². The van der Waals surface area contributed by atoms with Crippen molar-refractivity contribution >= 4 is 5.57 Å². The lowest BCUT2D eigenvalue weighted by Gasteiger charge is -1.96. The molecule has 0 unspecified atom stereocenters. The number of hydrogen-bond donors (Lipinski definition) is 0. The Hall–Kier alpha value is -1.52. The third kappa shape index (κ3) is 3.47. The van der Waals surface area contributed by atoms with Gasteiger partial charge in [0.2, 0.25) is 0 Å². The summed E-state index contributed by atoms with van der Waals surface area (Å²) in [5, 5.41) is 0. The minimum absolute atomic E-state index is 0.907. The standard InChI is InChI=1S/C14H16/c1-12(2)8-7-9-13(3)14-10-5-4-6-11-14/h4-7,10-11H,1,8H2,2-3H3. The van der Waals surface area contributed by atoms with Crippen LogP contribution < -0.4 is 0 Å². The molecular weight excluding hydrogens is 168 g/mol. The van der Waals surface area contributed by atoms with Gasteiger partial charge in [0, 0.05) is 0 Å². The monoisotopic (exact) mass is 184 g/mol. The smallest absolute Gasteiger partial charge is 0.00222 e.